The Labute approximate surface area is 208 Å². The third kappa shape index (κ3) is 7.27. The van der Waals surface area contributed by atoms with E-state index < -0.39 is 0 Å². The van der Waals surface area contributed by atoms with Gasteiger partial charge in [-0.2, -0.15) is 5.10 Å². The smallest absolute Gasteiger partial charge is 0.271 e. The first-order chi connectivity index (χ1) is 16.5. The number of hydrogen-bond acceptors (Lipinski definition) is 5. The predicted octanol–water partition coefficient (Wildman–Crippen LogP) is 6.30. The van der Waals surface area contributed by atoms with Gasteiger partial charge in [-0.3, -0.25) is 4.79 Å². The van der Waals surface area contributed by atoms with Crippen LogP contribution in [0.2, 0.25) is 10.0 Å². The van der Waals surface area contributed by atoms with Crippen LogP contribution >= 0.6 is 23.2 Å². The van der Waals surface area contributed by atoms with E-state index in [0.717, 1.165) is 11.1 Å². The third-order valence-corrected chi connectivity index (χ3v) is 5.12. The number of hydrogen-bond donors (Lipinski definition) is 1. The Morgan fingerprint density at radius 3 is 2.50 bits per heavy atom. The summed E-state index contributed by atoms with van der Waals surface area (Å²) < 4.78 is 16.9. The van der Waals surface area contributed by atoms with Gasteiger partial charge in [0.05, 0.1) is 12.8 Å². The van der Waals surface area contributed by atoms with Gasteiger partial charge in [-0.1, -0.05) is 41.9 Å². The second-order valence-corrected chi connectivity index (χ2v) is 7.83. The van der Waals surface area contributed by atoms with Gasteiger partial charge in [0.25, 0.3) is 5.91 Å². The van der Waals surface area contributed by atoms with Crippen molar-refractivity contribution in [3.63, 3.8) is 0 Å². The monoisotopic (exact) mass is 498 g/mol. The fourth-order valence-electron chi connectivity index (χ4n) is 2.87. The van der Waals surface area contributed by atoms with Gasteiger partial charge in [-0.05, 0) is 67.1 Å². The number of nitrogens with one attached hydrogen (secondary N) is 1. The van der Waals surface area contributed by atoms with E-state index >= 15 is 0 Å². The van der Waals surface area contributed by atoms with Crippen LogP contribution < -0.4 is 19.6 Å². The molecule has 0 saturated heterocycles. The molecule has 0 aliphatic carbocycles. The Morgan fingerprint density at radius 2 is 1.79 bits per heavy atom. The van der Waals surface area contributed by atoms with Crippen molar-refractivity contribution in [2.75, 3.05) is 13.2 Å². The van der Waals surface area contributed by atoms with Crippen LogP contribution in [0.1, 0.15) is 28.4 Å². The summed E-state index contributed by atoms with van der Waals surface area (Å²) >= 11 is 12.1. The number of halogens is 2. The molecular weight excluding hydrogens is 475 g/mol. The van der Waals surface area contributed by atoms with E-state index in [9.17, 15) is 4.79 Å². The minimum absolute atomic E-state index is 0.320. The van der Waals surface area contributed by atoms with Crippen molar-refractivity contribution in [2.24, 2.45) is 5.10 Å². The molecule has 0 atom stereocenters. The largest absolute Gasteiger partial charge is 0.490 e. The van der Waals surface area contributed by atoms with Crippen molar-refractivity contribution in [2.45, 2.75) is 13.5 Å². The highest BCUT2D eigenvalue weighted by Crippen LogP contribution is 2.28. The van der Waals surface area contributed by atoms with Crippen molar-refractivity contribution in [1.82, 2.24) is 5.43 Å². The molecule has 3 aromatic carbocycles. The molecule has 0 heterocycles. The normalized spacial score (nSPS) is 10.7. The molecule has 0 bridgehead atoms. The number of benzene rings is 3. The Bertz CT molecular complexity index is 1160. The SMILES string of the molecule is C=CCOc1ccc(C(=O)N/N=C/c2ccc(OCc3ccc(Cl)cc3Cl)cc2)cc1OCC. The number of hydrazone groups is 1. The molecule has 0 aliphatic heterocycles. The number of carbonyl (C=O) groups excluding carboxylic acids is 1. The number of rotatable bonds is 11. The third-order valence-electron chi connectivity index (χ3n) is 4.53. The van der Waals surface area contributed by atoms with Gasteiger partial charge in [0.1, 0.15) is 19.0 Å². The molecule has 3 aromatic rings. The van der Waals surface area contributed by atoms with Crippen LogP contribution in [0.15, 0.2) is 78.4 Å². The molecule has 6 nitrogen and oxygen atoms in total. The van der Waals surface area contributed by atoms with Crippen LogP contribution in [0.5, 0.6) is 17.2 Å². The van der Waals surface area contributed by atoms with Crippen molar-refractivity contribution in [1.29, 1.82) is 0 Å². The molecule has 0 fully saturated rings. The molecule has 1 N–H and O–H groups in total. The average Bonchev–Trinajstić information content (AvgIpc) is 2.83. The highest BCUT2D eigenvalue weighted by Gasteiger charge is 2.11. The van der Waals surface area contributed by atoms with Gasteiger partial charge in [0.15, 0.2) is 11.5 Å². The zero-order valence-corrected chi connectivity index (χ0v) is 20.1. The molecule has 0 radical (unpaired) electrons. The zero-order chi connectivity index (χ0) is 24.3. The molecule has 0 spiro atoms. The first-order valence-corrected chi connectivity index (χ1v) is 11.3. The van der Waals surface area contributed by atoms with Crippen molar-refractivity contribution >= 4 is 35.3 Å². The van der Waals surface area contributed by atoms with Crippen LogP contribution in [0, 0.1) is 0 Å². The van der Waals surface area contributed by atoms with E-state index in [1.165, 1.54) is 0 Å². The molecule has 0 aromatic heterocycles. The van der Waals surface area contributed by atoms with Gasteiger partial charge in [0, 0.05) is 21.2 Å². The Morgan fingerprint density at radius 1 is 1.00 bits per heavy atom. The minimum Gasteiger partial charge on any atom is -0.490 e. The van der Waals surface area contributed by atoms with E-state index in [4.69, 9.17) is 37.4 Å². The molecule has 176 valence electrons. The van der Waals surface area contributed by atoms with Gasteiger partial charge < -0.3 is 14.2 Å². The maximum atomic E-state index is 12.5. The van der Waals surface area contributed by atoms with Gasteiger partial charge in [-0.25, -0.2) is 5.43 Å². The fraction of sp³-hybridized carbons (Fsp3) is 0.154. The summed E-state index contributed by atoms with van der Waals surface area (Å²) in [4.78, 5) is 12.5. The molecule has 0 saturated carbocycles. The highest BCUT2D eigenvalue weighted by molar-refractivity contribution is 6.35. The second-order valence-electron chi connectivity index (χ2n) is 6.99. The van der Waals surface area contributed by atoms with Gasteiger partial charge >= 0.3 is 0 Å². The van der Waals surface area contributed by atoms with Crippen molar-refractivity contribution < 1.29 is 19.0 Å². The van der Waals surface area contributed by atoms with E-state index in [-0.39, 0.29) is 5.91 Å². The van der Waals surface area contributed by atoms with Crippen LogP contribution in [0.3, 0.4) is 0 Å². The predicted molar refractivity (Wildman–Crippen MR) is 136 cm³/mol. The van der Waals surface area contributed by atoms with Crippen molar-refractivity contribution in [3.05, 3.63) is 100 Å². The van der Waals surface area contributed by atoms with Crippen LogP contribution in [-0.2, 0) is 6.61 Å². The standard InChI is InChI=1S/C26H24Cl2N2O4/c1-3-13-33-24-12-8-19(14-25(24)32-4-2)26(31)30-29-16-18-5-10-22(11-6-18)34-17-20-7-9-21(27)15-23(20)28/h3,5-12,14-16H,1,4,13,17H2,2H3,(H,30,31)/b29-16+. The van der Waals surface area contributed by atoms with Crippen molar-refractivity contribution in [3.8, 4) is 17.2 Å². The lowest BCUT2D eigenvalue weighted by Gasteiger charge is -2.12. The summed E-state index contributed by atoms with van der Waals surface area (Å²) in [6.07, 6.45) is 3.18. The lowest BCUT2D eigenvalue weighted by atomic mass is 10.2. The van der Waals surface area contributed by atoms with E-state index in [1.54, 1.807) is 42.6 Å². The number of ether oxygens (including phenoxy) is 3. The van der Waals surface area contributed by atoms with Crippen LogP contribution in [0.4, 0.5) is 0 Å². The second kappa shape index (κ2) is 12.7. The molecule has 1 amide bonds. The molecular formula is C26H24Cl2N2O4. The molecule has 3 rings (SSSR count). The summed E-state index contributed by atoms with van der Waals surface area (Å²) in [6, 6.07) is 17.5. The van der Waals surface area contributed by atoms with Crippen LogP contribution in [-0.4, -0.2) is 25.3 Å². The zero-order valence-electron chi connectivity index (χ0n) is 18.6. The Hall–Kier alpha value is -3.48. The average molecular weight is 499 g/mol. The molecule has 0 aliphatic rings. The van der Waals surface area contributed by atoms with Gasteiger partial charge in [0.2, 0.25) is 0 Å². The Balaban J connectivity index is 1.55. The summed E-state index contributed by atoms with van der Waals surface area (Å²) in [7, 11) is 0. The summed E-state index contributed by atoms with van der Waals surface area (Å²) in [6.45, 7) is 6.59. The first kappa shape index (κ1) is 25.1. The maximum Gasteiger partial charge on any atom is 0.271 e. The van der Waals surface area contributed by atoms with Gasteiger partial charge in [-0.15, -0.1) is 0 Å². The molecule has 34 heavy (non-hydrogen) atoms. The van der Waals surface area contributed by atoms with Crippen LogP contribution in [0.25, 0.3) is 0 Å². The van der Waals surface area contributed by atoms with E-state index in [0.29, 0.717) is 52.7 Å². The van der Waals surface area contributed by atoms with E-state index in [1.807, 2.05) is 37.3 Å². The Kier molecular flexibility index (Phi) is 9.38. The lowest BCUT2D eigenvalue weighted by molar-refractivity contribution is 0.0954. The van der Waals surface area contributed by atoms with E-state index in [2.05, 4.69) is 17.1 Å². The number of amides is 1. The highest BCUT2D eigenvalue weighted by atomic mass is 35.5. The topological polar surface area (TPSA) is 69.2 Å². The maximum absolute atomic E-state index is 12.5. The summed E-state index contributed by atoms with van der Waals surface area (Å²) in [5.74, 6) is 1.33. The number of carbonyl (C=O) groups is 1. The molecule has 8 heteroatoms. The minimum atomic E-state index is -0.368. The fourth-order valence-corrected chi connectivity index (χ4v) is 3.33. The first-order valence-electron chi connectivity index (χ1n) is 10.5. The summed E-state index contributed by atoms with van der Waals surface area (Å²) in [5, 5.41) is 5.16. The molecule has 0 unspecified atom stereocenters. The summed E-state index contributed by atoms with van der Waals surface area (Å²) in [5.41, 5.74) is 4.54. The quantitative estimate of drug-likeness (QED) is 0.191. The lowest BCUT2D eigenvalue weighted by Crippen LogP contribution is -2.17. The number of nitrogens with zero attached hydrogens (tertiary/aromatic N) is 1.